The predicted octanol–water partition coefficient (Wildman–Crippen LogP) is -2.12. The number of carboxylic acids is 1. The number of amides is 2. The van der Waals surface area contributed by atoms with Crippen molar-refractivity contribution in [1.29, 1.82) is 0 Å². The molecule has 1 aromatic rings. The number of carbonyl (C=O) groups is 3. The molecule has 15 heteroatoms. The Morgan fingerprint density at radius 3 is 2.17 bits per heavy atom. The van der Waals surface area contributed by atoms with Gasteiger partial charge in [0, 0.05) is 5.10 Å². The zero-order chi connectivity index (χ0) is 18.9. The fraction of sp³-hybridized carbons (Fsp3) is 0.444. The molecule has 0 saturated carbocycles. The number of halogens is 2. The Morgan fingerprint density at radius 2 is 1.83 bits per heavy atom. The fourth-order valence-corrected chi connectivity index (χ4v) is 0.968. The van der Waals surface area contributed by atoms with Crippen LogP contribution < -0.4 is 11.5 Å². The number of aliphatic carboxylic acids is 1. The van der Waals surface area contributed by atoms with Gasteiger partial charge in [-0.1, -0.05) is 4.98 Å². The summed E-state index contributed by atoms with van der Waals surface area (Å²) in [5.74, 6) is -8.47. The van der Waals surface area contributed by atoms with E-state index in [4.69, 9.17) is 5.11 Å². The molecule has 1 heterocycles. The third-order valence-corrected chi connectivity index (χ3v) is 1.85. The highest BCUT2D eigenvalue weighted by atomic mass is 19.3. The molecule has 0 spiro atoms. The molecule has 0 bridgehead atoms. The smallest absolute Gasteiger partial charge is 0.477 e. The van der Waals surface area contributed by atoms with Crippen LogP contribution in [0.3, 0.4) is 0 Å². The second kappa shape index (κ2) is 9.03. The van der Waals surface area contributed by atoms with E-state index >= 15 is 0 Å². The van der Waals surface area contributed by atoms with E-state index in [0.29, 0.717) is 11.0 Å². The van der Waals surface area contributed by atoms with Crippen LogP contribution in [-0.4, -0.2) is 61.7 Å². The number of ether oxygens (including phenoxy) is 1. The first-order valence-corrected chi connectivity index (χ1v) is 5.75. The molecule has 1 aromatic heterocycles. The van der Waals surface area contributed by atoms with Crippen molar-refractivity contribution in [2.45, 2.75) is 12.5 Å². The van der Waals surface area contributed by atoms with Gasteiger partial charge < -0.3 is 31.4 Å². The van der Waals surface area contributed by atoms with Crippen molar-refractivity contribution in [2.75, 3.05) is 13.2 Å². The van der Waals surface area contributed by atoms with E-state index in [0.717, 1.165) is 0 Å². The molecule has 0 aromatic carbocycles. The predicted molar refractivity (Wildman–Crippen MR) is 68.5 cm³/mol. The van der Waals surface area contributed by atoms with Crippen LogP contribution in [0.1, 0.15) is 0 Å². The normalized spacial score (nSPS) is 10.4. The van der Waals surface area contributed by atoms with Crippen LogP contribution >= 0.6 is 0 Å². The minimum atomic E-state index is -4.04. The molecule has 0 atom stereocenters. The summed E-state index contributed by atoms with van der Waals surface area (Å²) in [6, 6.07) is 0. The Balaban J connectivity index is 0.000000506. The highest BCUT2D eigenvalue weighted by Crippen LogP contribution is 2.16. The number of nitrogens with zero attached hydrogens (tertiary/aromatic N) is 4. The van der Waals surface area contributed by atoms with Crippen molar-refractivity contribution in [1.82, 2.24) is 14.8 Å². The van der Waals surface area contributed by atoms with Crippen LogP contribution in [0.4, 0.5) is 14.7 Å². The van der Waals surface area contributed by atoms with Gasteiger partial charge in [-0.15, -0.1) is 0 Å². The van der Waals surface area contributed by atoms with E-state index < -0.39 is 41.1 Å². The molecule has 13 nitrogen and oxygen atoms in total. The number of nitro groups is 1. The number of primary amides is 2. The highest BCUT2D eigenvalue weighted by molar-refractivity contribution is 5.77. The average molecular weight is 354 g/mol. The number of nitrogens with two attached hydrogens (primary N) is 2. The van der Waals surface area contributed by atoms with Crippen LogP contribution in [-0.2, 0) is 25.7 Å². The van der Waals surface area contributed by atoms with Crippen LogP contribution in [0.5, 0.6) is 0 Å². The molecule has 0 aliphatic carbocycles. The van der Waals surface area contributed by atoms with Gasteiger partial charge in [-0.2, -0.15) is 13.5 Å². The molecule has 134 valence electrons. The Hall–Kier alpha value is -3.23. The summed E-state index contributed by atoms with van der Waals surface area (Å²) < 4.78 is 30.0. The van der Waals surface area contributed by atoms with E-state index in [1.807, 2.05) is 0 Å². The molecule has 2 amide bonds. The molecule has 5 N–H and O–H groups in total. The summed E-state index contributed by atoms with van der Waals surface area (Å²) in [4.78, 5) is 42.1. The van der Waals surface area contributed by atoms with Gasteiger partial charge in [-0.05, 0) is 4.92 Å². The summed E-state index contributed by atoms with van der Waals surface area (Å²) in [7, 11) is 0. The van der Waals surface area contributed by atoms with Crippen molar-refractivity contribution in [3.05, 3.63) is 16.4 Å². The molecule has 0 saturated heterocycles. The van der Waals surface area contributed by atoms with Gasteiger partial charge in [0.25, 0.3) is 0 Å². The number of aromatic nitrogens is 3. The summed E-state index contributed by atoms with van der Waals surface area (Å²) >= 11 is 0. The lowest BCUT2D eigenvalue weighted by Gasteiger charge is -2.07. The average Bonchev–Trinajstić information content (AvgIpc) is 2.86. The number of carboxylic acid groups (broad SMARTS) is 1. The van der Waals surface area contributed by atoms with Gasteiger partial charge in [-0.25, -0.2) is 4.79 Å². The third-order valence-electron chi connectivity index (χ3n) is 1.85. The maximum atomic E-state index is 12.6. The number of carbonyl (C=O) groups excluding carboxylic acids is 2. The first kappa shape index (κ1) is 20.8. The van der Waals surface area contributed by atoms with Crippen molar-refractivity contribution >= 4 is 23.7 Å². The molecule has 0 unspecified atom stereocenters. The minimum absolute atomic E-state index is 0.261. The van der Waals surface area contributed by atoms with Crippen molar-refractivity contribution in [3.8, 4) is 0 Å². The maximum absolute atomic E-state index is 12.6. The number of hydrogen-bond acceptors (Lipinski definition) is 8. The minimum Gasteiger partial charge on any atom is -0.477 e. The monoisotopic (exact) mass is 354 g/mol. The molecule has 0 fully saturated rings. The van der Waals surface area contributed by atoms with E-state index in [2.05, 4.69) is 26.3 Å². The molecule has 24 heavy (non-hydrogen) atoms. The second-order valence-electron chi connectivity index (χ2n) is 3.93. The summed E-state index contributed by atoms with van der Waals surface area (Å²) in [5, 5.41) is 21.2. The first-order chi connectivity index (χ1) is 11.0. The number of hydrogen-bond donors (Lipinski definition) is 3. The van der Waals surface area contributed by atoms with Gasteiger partial charge in [0.2, 0.25) is 18.1 Å². The maximum Gasteiger partial charge on any atom is 0.490 e. The molecular formula is C9H12F2N6O7. The molecule has 0 aliphatic rings. The van der Waals surface area contributed by atoms with Crippen LogP contribution in [0.2, 0.25) is 0 Å². The van der Waals surface area contributed by atoms with Gasteiger partial charge in [0.15, 0.2) is 0 Å². The lowest BCUT2D eigenvalue weighted by atomic mass is 10.3. The Kier molecular flexibility index (Phi) is 7.82. The first-order valence-electron chi connectivity index (χ1n) is 5.75. The van der Waals surface area contributed by atoms with Gasteiger partial charge in [0.05, 0.1) is 0 Å². The van der Waals surface area contributed by atoms with Crippen molar-refractivity contribution < 1.29 is 37.9 Å². The zero-order valence-corrected chi connectivity index (χ0v) is 11.8. The van der Waals surface area contributed by atoms with E-state index in [-0.39, 0.29) is 13.2 Å². The van der Waals surface area contributed by atoms with Gasteiger partial charge >= 0.3 is 17.8 Å². The van der Waals surface area contributed by atoms with E-state index in [1.165, 1.54) is 0 Å². The molecular weight excluding hydrogens is 342 g/mol. The summed E-state index contributed by atoms with van der Waals surface area (Å²) in [6.45, 7) is -1.82. The third kappa shape index (κ3) is 8.27. The highest BCUT2D eigenvalue weighted by Gasteiger charge is 2.40. The Morgan fingerprint density at radius 1 is 1.33 bits per heavy atom. The summed E-state index contributed by atoms with van der Waals surface area (Å²) in [6.07, 6.45) is 0.662. The van der Waals surface area contributed by atoms with Crippen molar-refractivity contribution in [2.24, 2.45) is 11.5 Å². The van der Waals surface area contributed by atoms with Crippen LogP contribution in [0, 0.1) is 10.1 Å². The summed E-state index contributed by atoms with van der Waals surface area (Å²) in [5.41, 5.74) is 9.33. The largest absolute Gasteiger partial charge is 0.490 e. The van der Waals surface area contributed by atoms with Gasteiger partial charge in [0.1, 0.15) is 19.8 Å². The Labute approximate surface area is 131 Å². The van der Waals surface area contributed by atoms with E-state index in [1.54, 1.807) is 0 Å². The lowest BCUT2D eigenvalue weighted by molar-refractivity contribution is -0.394. The van der Waals surface area contributed by atoms with Crippen LogP contribution in [0.15, 0.2) is 6.33 Å². The van der Waals surface area contributed by atoms with Crippen LogP contribution in [0.25, 0.3) is 0 Å². The SMILES string of the molecule is NC(=O)COCC(N)=O.O=C(O)C(F)(F)Cn1cnc([N+](=O)[O-])n1. The molecule has 0 radical (unpaired) electrons. The number of rotatable bonds is 8. The molecule has 1 rings (SSSR count). The quantitative estimate of drug-likeness (QED) is 0.344. The second-order valence-corrected chi connectivity index (χ2v) is 3.93. The lowest BCUT2D eigenvalue weighted by Crippen LogP contribution is -2.33. The number of alkyl halides is 2. The van der Waals surface area contributed by atoms with Gasteiger partial charge in [-0.3, -0.25) is 9.59 Å². The fourth-order valence-electron chi connectivity index (χ4n) is 0.968. The molecule has 0 aliphatic heterocycles. The standard InChI is InChI=1S/C5H4F2N4O4.C4H8N2O3/c6-5(7,3(12)13)1-10-2-8-4(9-10)11(14)15;5-3(7)1-9-2-4(6)8/h2H,1H2,(H,12,13);1-2H2,(H2,5,7)(H2,6,8). The zero-order valence-electron chi connectivity index (χ0n) is 11.8. The Bertz CT molecular complexity index is 605. The van der Waals surface area contributed by atoms with Crippen molar-refractivity contribution in [3.63, 3.8) is 0 Å². The van der Waals surface area contributed by atoms with E-state index in [9.17, 15) is 33.3 Å². The topological polar surface area (TPSA) is 207 Å².